The van der Waals surface area contributed by atoms with Crippen LogP contribution in [0, 0.1) is 0 Å². The molecule has 0 aliphatic carbocycles. The largest absolute Gasteiger partial charge is 0.493 e. The molecule has 0 spiro atoms. The third-order valence-electron chi connectivity index (χ3n) is 2.72. The van der Waals surface area contributed by atoms with Crippen molar-refractivity contribution in [1.29, 1.82) is 0 Å². The van der Waals surface area contributed by atoms with Gasteiger partial charge in [0.05, 0.1) is 6.61 Å². The predicted octanol–water partition coefficient (Wildman–Crippen LogP) is 5.01. The summed E-state index contributed by atoms with van der Waals surface area (Å²) in [5.41, 5.74) is 0.931. The molecule has 0 atom stereocenters. The molecule has 0 fully saturated rings. The van der Waals surface area contributed by atoms with Crippen molar-refractivity contribution in [2.45, 2.75) is 39.5 Å². The molecule has 0 radical (unpaired) electrons. The summed E-state index contributed by atoms with van der Waals surface area (Å²) < 4.78 is 6.77. The van der Waals surface area contributed by atoms with Crippen LogP contribution in [-0.4, -0.2) is 12.4 Å². The van der Waals surface area contributed by atoms with Crippen LogP contribution in [0.1, 0.15) is 45.1 Å². The molecule has 0 unspecified atom stereocenters. The first-order valence-electron chi connectivity index (χ1n) is 6.74. The van der Waals surface area contributed by atoms with E-state index >= 15 is 0 Å². The van der Waals surface area contributed by atoms with Crippen molar-refractivity contribution in [1.82, 2.24) is 0 Å². The molecule has 0 saturated heterocycles. The SMILES string of the molecule is CCCCCCOc1ccc(Br)cc1/C=C/C(C)=O. The molecule has 0 bridgehead atoms. The van der Waals surface area contributed by atoms with Crippen LogP contribution in [-0.2, 0) is 4.79 Å². The Bertz CT molecular complexity index is 438. The van der Waals surface area contributed by atoms with Gasteiger partial charge in [0.15, 0.2) is 5.78 Å². The monoisotopic (exact) mass is 324 g/mol. The number of benzene rings is 1. The maximum Gasteiger partial charge on any atom is 0.152 e. The quantitative estimate of drug-likeness (QED) is 0.496. The molecule has 0 aliphatic rings. The van der Waals surface area contributed by atoms with Gasteiger partial charge < -0.3 is 4.74 Å². The molecule has 104 valence electrons. The van der Waals surface area contributed by atoms with Crippen molar-refractivity contribution in [2.75, 3.05) is 6.61 Å². The van der Waals surface area contributed by atoms with E-state index in [2.05, 4.69) is 22.9 Å². The molecule has 2 nitrogen and oxygen atoms in total. The van der Waals surface area contributed by atoms with Gasteiger partial charge in [-0.05, 0) is 43.7 Å². The number of carbonyl (C=O) groups is 1. The van der Waals surface area contributed by atoms with Gasteiger partial charge in [0.25, 0.3) is 0 Å². The van der Waals surface area contributed by atoms with Gasteiger partial charge in [-0.3, -0.25) is 4.79 Å². The topological polar surface area (TPSA) is 26.3 Å². The highest BCUT2D eigenvalue weighted by molar-refractivity contribution is 9.10. The van der Waals surface area contributed by atoms with E-state index in [0.717, 1.165) is 28.8 Å². The highest BCUT2D eigenvalue weighted by Crippen LogP contribution is 2.24. The number of halogens is 1. The number of ketones is 1. The summed E-state index contributed by atoms with van der Waals surface area (Å²) in [5, 5.41) is 0. The van der Waals surface area contributed by atoms with E-state index in [1.54, 1.807) is 19.1 Å². The third kappa shape index (κ3) is 6.58. The first-order chi connectivity index (χ1) is 9.13. The Kier molecular flexibility index (Phi) is 7.49. The van der Waals surface area contributed by atoms with Crippen LogP contribution in [0.15, 0.2) is 28.7 Å². The second-order valence-electron chi connectivity index (χ2n) is 4.54. The van der Waals surface area contributed by atoms with Crippen LogP contribution in [0.25, 0.3) is 6.08 Å². The fourth-order valence-electron chi connectivity index (χ4n) is 1.70. The lowest BCUT2D eigenvalue weighted by molar-refractivity contribution is -0.112. The Morgan fingerprint density at radius 2 is 2.11 bits per heavy atom. The van der Waals surface area contributed by atoms with Crippen LogP contribution >= 0.6 is 15.9 Å². The lowest BCUT2D eigenvalue weighted by Crippen LogP contribution is -1.99. The lowest BCUT2D eigenvalue weighted by atomic mass is 10.1. The summed E-state index contributed by atoms with van der Waals surface area (Å²) in [5.74, 6) is 0.867. The Balaban J connectivity index is 2.63. The van der Waals surface area contributed by atoms with Crippen molar-refractivity contribution in [3.63, 3.8) is 0 Å². The fourth-order valence-corrected chi connectivity index (χ4v) is 2.08. The number of hydrogen-bond acceptors (Lipinski definition) is 2. The molecule has 1 aromatic rings. The minimum absolute atomic E-state index is 0.0360. The maximum atomic E-state index is 11.0. The van der Waals surface area contributed by atoms with Crippen molar-refractivity contribution in [3.8, 4) is 5.75 Å². The number of allylic oxidation sites excluding steroid dienone is 1. The van der Waals surface area contributed by atoms with E-state index < -0.39 is 0 Å². The van der Waals surface area contributed by atoms with Gasteiger partial charge in [-0.25, -0.2) is 0 Å². The summed E-state index contributed by atoms with van der Waals surface area (Å²) >= 11 is 3.43. The minimum atomic E-state index is 0.0360. The van der Waals surface area contributed by atoms with Crippen molar-refractivity contribution in [3.05, 3.63) is 34.3 Å². The van der Waals surface area contributed by atoms with E-state index in [1.165, 1.54) is 19.3 Å². The maximum absolute atomic E-state index is 11.0. The van der Waals surface area contributed by atoms with Crippen LogP contribution in [0.3, 0.4) is 0 Å². The summed E-state index contributed by atoms with van der Waals surface area (Å²) in [6.07, 6.45) is 8.11. The fraction of sp³-hybridized carbons (Fsp3) is 0.438. The molecular formula is C16H21BrO2. The van der Waals surface area contributed by atoms with E-state index in [4.69, 9.17) is 4.74 Å². The van der Waals surface area contributed by atoms with Crippen LogP contribution in [0.5, 0.6) is 5.75 Å². The normalized spacial score (nSPS) is 10.9. The molecule has 19 heavy (non-hydrogen) atoms. The van der Waals surface area contributed by atoms with Crippen LogP contribution < -0.4 is 4.74 Å². The van der Waals surface area contributed by atoms with E-state index in [-0.39, 0.29) is 5.78 Å². The number of hydrogen-bond donors (Lipinski definition) is 0. The van der Waals surface area contributed by atoms with Gasteiger partial charge in [-0.1, -0.05) is 42.1 Å². The number of carbonyl (C=O) groups excluding carboxylic acids is 1. The Morgan fingerprint density at radius 3 is 2.79 bits per heavy atom. The average Bonchev–Trinajstić information content (AvgIpc) is 2.38. The summed E-state index contributed by atoms with van der Waals surface area (Å²) in [6.45, 7) is 4.46. The zero-order valence-corrected chi connectivity index (χ0v) is 13.2. The molecule has 0 aromatic heterocycles. The standard InChI is InChI=1S/C16H21BrO2/c1-3-4-5-6-11-19-16-10-9-15(17)12-14(16)8-7-13(2)18/h7-10,12H,3-6,11H2,1-2H3/b8-7+. The molecule has 1 aromatic carbocycles. The first kappa shape index (κ1) is 16.0. The minimum Gasteiger partial charge on any atom is -0.493 e. The second-order valence-corrected chi connectivity index (χ2v) is 5.45. The van der Waals surface area contributed by atoms with Crippen LogP contribution in [0.4, 0.5) is 0 Å². The predicted molar refractivity (Wildman–Crippen MR) is 83.5 cm³/mol. The van der Waals surface area contributed by atoms with Gasteiger partial charge in [0.2, 0.25) is 0 Å². The van der Waals surface area contributed by atoms with Gasteiger partial charge in [0, 0.05) is 10.0 Å². The summed E-state index contributed by atoms with van der Waals surface area (Å²) in [7, 11) is 0. The van der Waals surface area contributed by atoms with Gasteiger partial charge in [0.1, 0.15) is 5.75 Å². The third-order valence-corrected chi connectivity index (χ3v) is 3.22. The molecule has 0 saturated carbocycles. The van der Waals surface area contributed by atoms with E-state index in [1.807, 2.05) is 18.2 Å². The number of unbranched alkanes of at least 4 members (excludes halogenated alkanes) is 3. The van der Waals surface area contributed by atoms with E-state index in [0.29, 0.717) is 0 Å². The molecule has 0 N–H and O–H groups in total. The zero-order valence-electron chi connectivity index (χ0n) is 11.6. The molecule has 0 heterocycles. The second kappa shape index (κ2) is 8.92. The highest BCUT2D eigenvalue weighted by atomic mass is 79.9. The summed E-state index contributed by atoms with van der Waals surface area (Å²) in [4.78, 5) is 11.0. The molecule has 0 aliphatic heterocycles. The zero-order chi connectivity index (χ0) is 14.1. The van der Waals surface area contributed by atoms with Crippen molar-refractivity contribution < 1.29 is 9.53 Å². The van der Waals surface area contributed by atoms with Gasteiger partial charge in [-0.15, -0.1) is 0 Å². The lowest BCUT2D eigenvalue weighted by Gasteiger charge is -2.09. The smallest absolute Gasteiger partial charge is 0.152 e. The molecule has 0 amide bonds. The van der Waals surface area contributed by atoms with Crippen LogP contribution in [0.2, 0.25) is 0 Å². The number of ether oxygens (including phenoxy) is 1. The average molecular weight is 325 g/mol. The molecule has 3 heteroatoms. The van der Waals surface area contributed by atoms with Gasteiger partial charge >= 0.3 is 0 Å². The Hall–Kier alpha value is -1.09. The van der Waals surface area contributed by atoms with Crippen molar-refractivity contribution >= 4 is 27.8 Å². The first-order valence-corrected chi connectivity index (χ1v) is 7.53. The van der Waals surface area contributed by atoms with E-state index in [9.17, 15) is 4.79 Å². The summed E-state index contributed by atoms with van der Waals surface area (Å²) in [6, 6.07) is 5.84. The Labute approximate surface area is 124 Å². The molecule has 1 rings (SSSR count). The van der Waals surface area contributed by atoms with Gasteiger partial charge in [-0.2, -0.15) is 0 Å². The highest BCUT2D eigenvalue weighted by Gasteiger charge is 2.02. The van der Waals surface area contributed by atoms with Crippen molar-refractivity contribution in [2.24, 2.45) is 0 Å². The Morgan fingerprint density at radius 1 is 1.32 bits per heavy atom. The number of rotatable bonds is 8. The molecular weight excluding hydrogens is 304 g/mol.